The molecule has 0 saturated carbocycles. The fourth-order valence-corrected chi connectivity index (χ4v) is 2.07. The summed E-state index contributed by atoms with van der Waals surface area (Å²) in [6.07, 6.45) is 0. The monoisotopic (exact) mass is 266 g/mol. The van der Waals surface area contributed by atoms with Crippen LogP contribution in [0, 0.1) is 33.1 Å². The average Bonchev–Trinajstić information content (AvgIpc) is 2.91. The largest absolute Gasteiger partial charge is 0.366 e. The quantitative estimate of drug-likeness (QED) is 0.477. The maximum absolute atomic E-state index is 12.2. The zero-order valence-electron chi connectivity index (χ0n) is 9.54. The summed E-state index contributed by atoms with van der Waals surface area (Å²) < 4.78 is 0.713. The smallest absolute Gasteiger partial charge is 0.285 e. The molecule has 2 aliphatic rings. The van der Waals surface area contributed by atoms with E-state index in [-0.39, 0.29) is 16.8 Å². The van der Waals surface area contributed by atoms with Crippen molar-refractivity contribution < 1.29 is 0 Å². The van der Waals surface area contributed by atoms with Crippen molar-refractivity contribution in [3.63, 3.8) is 0 Å². The first kappa shape index (κ1) is 11.5. The van der Waals surface area contributed by atoms with Crippen molar-refractivity contribution in [1.82, 2.24) is 14.6 Å². The standard InChI is InChI=1S/C11H2N6O3/c12-1-3-4(2-13)8(19)6-5(7(3)18)9-15-11(14)16-17(9)10(6)20/h(H2,14,16). The lowest BCUT2D eigenvalue weighted by Crippen LogP contribution is -2.25. The summed E-state index contributed by atoms with van der Waals surface area (Å²) in [5, 5.41) is 20.5. The lowest BCUT2D eigenvalue weighted by atomic mass is 10.1. The molecule has 1 aliphatic carbocycles. The van der Waals surface area contributed by atoms with Crippen LogP contribution in [0.5, 0.6) is 0 Å². The van der Waals surface area contributed by atoms with Crippen LogP contribution in [0.4, 0.5) is 5.95 Å². The van der Waals surface area contributed by atoms with Gasteiger partial charge in [-0.1, -0.05) is 0 Å². The van der Waals surface area contributed by atoms with Gasteiger partial charge in [0.2, 0.25) is 16.8 Å². The van der Waals surface area contributed by atoms with Gasteiger partial charge in [-0.2, -0.15) is 20.0 Å². The first-order valence-corrected chi connectivity index (χ1v) is 5.17. The molecule has 2 N–H and O–H groups in total. The number of anilines is 1. The van der Waals surface area contributed by atoms with Crippen LogP contribution in [-0.2, 0) is 0 Å². The topological polar surface area (TPSA) is 155 Å². The number of hydrogen-bond donors (Lipinski definition) is 1. The highest BCUT2D eigenvalue weighted by Crippen LogP contribution is 2.04. The van der Waals surface area contributed by atoms with E-state index < -0.39 is 32.8 Å². The van der Waals surface area contributed by atoms with Crippen LogP contribution in [0.3, 0.4) is 0 Å². The molecule has 0 radical (unpaired) electrons. The number of nitriles is 2. The Kier molecular flexibility index (Phi) is 1.99. The van der Waals surface area contributed by atoms with Gasteiger partial charge in [0.1, 0.15) is 28.5 Å². The molecule has 0 spiro atoms. The fourth-order valence-electron chi connectivity index (χ4n) is 2.07. The SMILES string of the molecule is N#Cc1c(C#N)c(=O)c2c3nc(N)nn3c(=O)c=2c1=O. The Bertz CT molecular complexity index is 1180. The molecule has 0 bridgehead atoms. The first-order valence-electron chi connectivity index (χ1n) is 5.17. The third kappa shape index (κ3) is 1.11. The van der Waals surface area contributed by atoms with Gasteiger partial charge in [0.15, 0.2) is 5.65 Å². The van der Waals surface area contributed by atoms with E-state index in [4.69, 9.17) is 16.3 Å². The van der Waals surface area contributed by atoms with Gasteiger partial charge in [-0.05, 0) is 0 Å². The Balaban J connectivity index is 2.91. The molecule has 94 valence electrons. The third-order valence-corrected chi connectivity index (χ3v) is 2.89. The molecule has 1 aromatic rings. The number of nitrogen functional groups attached to an aromatic ring is 1. The molecule has 9 nitrogen and oxygen atoms in total. The van der Waals surface area contributed by atoms with E-state index in [1.165, 1.54) is 12.1 Å². The van der Waals surface area contributed by atoms with Crippen molar-refractivity contribution in [2.75, 3.05) is 5.73 Å². The number of aromatic nitrogens is 3. The highest BCUT2D eigenvalue weighted by Gasteiger charge is 2.22. The van der Waals surface area contributed by atoms with E-state index in [1.807, 2.05) is 0 Å². The van der Waals surface area contributed by atoms with Crippen LogP contribution in [0.25, 0.3) is 5.65 Å². The molecule has 2 heterocycles. The van der Waals surface area contributed by atoms with Crippen molar-refractivity contribution in [3.8, 4) is 12.1 Å². The van der Waals surface area contributed by atoms with Gasteiger partial charge < -0.3 is 5.73 Å². The molecule has 0 atom stereocenters. The van der Waals surface area contributed by atoms with Gasteiger partial charge in [-0.3, -0.25) is 14.4 Å². The minimum absolute atomic E-state index is 0.189. The molecule has 3 rings (SSSR count). The normalized spacial score (nSPS) is 10.7. The molecule has 0 aromatic carbocycles. The van der Waals surface area contributed by atoms with Gasteiger partial charge >= 0.3 is 0 Å². The Morgan fingerprint density at radius 2 is 1.55 bits per heavy atom. The van der Waals surface area contributed by atoms with E-state index in [1.54, 1.807) is 0 Å². The Labute approximate surface area is 108 Å². The highest BCUT2D eigenvalue weighted by molar-refractivity contribution is 5.53. The predicted octanol–water partition coefficient (Wildman–Crippen LogP) is -2.26. The zero-order chi connectivity index (χ0) is 14.6. The van der Waals surface area contributed by atoms with Gasteiger partial charge in [-0.25, -0.2) is 0 Å². The second kappa shape index (κ2) is 3.46. The summed E-state index contributed by atoms with van der Waals surface area (Å²) in [6, 6.07) is 2.98. The maximum atomic E-state index is 12.2. The molecule has 0 amide bonds. The molecule has 0 fully saturated rings. The number of nitrogens with zero attached hydrogens (tertiary/aromatic N) is 5. The number of nitrogens with two attached hydrogens (primary N) is 1. The van der Waals surface area contributed by atoms with Crippen LogP contribution < -0.4 is 22.2 Å². The molecule has 0 saturated heterocycles. The van der Waals surface area contributed by atoms with Crippen molar-refractivity contribution in [2.24, 2.45) is 0 Å². The number of hydrogen-bond acceptors (Lipinski definition) is 8. The van der Waals surface area contributed by atoms with E-state index in [0.717, 1.165) is 0 Å². The summed E-state index contributed by atoms with van der Waals surface area (Å²) in [5.74, 6) is -0.242. The molecule has 9 heteroatoms. The summed E-state index contributed by atoms with van der Waals surface area (Å²) in [6.45, 7) is 0. The molecule has 1 aliphatic heterocycles. The Morgan fingerprint density at radius 3 is 2.10 bits per heavy atom. The van der Waals surface area contributed by atoms with Crippen molar-refractivity contribution in [1.29, 1.82) is 10.5 Å². The van der Waals surface area contributed by atoms with E-state index >= 15 is 0 Å². The molecule has 20 heavy (non-hydrogen) atoms. The fraction of sp³-hybridized carbons (Fsp3) is 0. The van der Waals surface area contributed by atoms with Crippen LogP contribution in [0.1, 0.15) is 11.1 Å². The van der Waals surface area contributed by atoms with Gasteiger partial charge in [0, 0.05) is 0 Å². The van der Waals surface area contributed by atoms with Crippen molar-refractivity contribution in [2.45, 2.75) is 0 Å². The van der Waals surface area contributed by atoms with E-state index in [9.17, 15) is 14.4 Å². The van der Waals surface area contributed by atoms with Crippen LogP contribution in [0.15, 0.2) is 14.4 Å². The summed E-state index contributed by atoms with van der Waals surface area (Å²) in [4.78, 5) is 39.9. The maximum Gasteiger partial charge on any atom is 0.285 e. The van der Waals surface area contributed by atoms with Crippen molar-refractivity contribution in [3.05, 3.63) is 52.4 Å². The third-order valence-electron chi connectivity index (χ3n) is 2.89. The zero-order valence-corrected chi connectivity index (χ0v) is 9.54. The summed E-state index contributed by atoms with van der Waals surface area (Å²) in [5.41, 5.74) is 1.11. The van der Waals surface area contributed by atoms with Gasteiger partial charge in [-0.15, -0.1) is 5.10 Å². The molecular weight excluding hydrogens is 264 g/mol. The second-order valence-corrected chi connectivity index (χ2v) is 3.89. The second-order valence-electron chi connectivity index (χ2n) is 3.89. The van der Waals surface area contributed by atoms with Crippen molar-refractivity contribution >= 4 is 11.6 Å². The van der Waals surface area contributed by atoms with Gasteiger partial charge in [0.05, 0.1) is 5.22 Å². The van der Waals surface area contributed by atoms with E-state index in [0.29, 0.717) is 4.52 Å². The van der Waals surface area contributed by atoms with Gasteiger partial charge in [0.25, 0.3) is 5.56 Å². The predicted molar refractivity (Wildman–Crippen MR) is 63.3 cm³/mol. The minimum Gasteiger partial charge on any atom is -0.366 e. The Morgan fingerprint density at radius 1 is 1.00 bits per heavy atom. The van der Waals surface area contributed by atoms with E-state index in [2.05, 4.69) is 10.1 Å². The van der Waals surface area contributed by atoms with Crippen LogP contribution in [-0.4, -0.2) is 14.6 Å². The first-order chi connectivity index (χ1) is 9.51. The van der Waals surface area contributed by atoms with Crippen LogP contribution in [0.2, 0.25) is 0 Å². The summed E-state index contributed by atoms with van der Waals surface area (Å²) >= 11 is 0. The number of rotatable bonds is 0. The highest BCUT2D eigenvalue weighted by atomic mass is 16.1. The Hall–Kier alpha value is -3.59. The minimum atomic E-state index is -0.977. The molecule has 0 unspecified atom stereocenters. The average molecular weight is 266 g/mol. The lowest BCUT2D eigenvalue weighted by molar-refractivity contribution is 0.936. The molecular formula is C11H2N6O3. The van der Waals surface area contributed by atoms with Crippen LogP contribution >= 0.6 is 0 Å². The summed E-state index contributed by atoms with van der Waals surface area (Å²) in [7, 11) is 0. The number of fused-ring (bicyclic) bond motifs is 2. The lowest BCUT2D eigenvalue weighted by Gasteiger charge is -1.89. The molecule has 1 aromatic heterocycles.